The number of hydrazone groups is 1. The fourth-order valence-electron chi connectivity index (χ4n) is 1.94. The number of nitrogens with one attached hydrogen (secondary N) is 2. The minimum absolute atomic E-state index is 0.174. The second-order valence-electron chi connectivity index (χ2n) is 4.84. The largest absolute Gasteiger partial charge is 0.496 e. The van der Waals surface area contributed by atoms with Gasteiger partial charge in [0.25, 0.3) is 5.91 Å². The standard InChI is InChI=1S/C17H16ClN3O3/c1-11(22)20-15-6-3-12(4-7-15)17(23)21-19-10-13-9-14(18)5-8-16(13)24-2/h3-10H,1-2H3,(H,20,22)(H,21,23). The van der Waals surface area contributed by atoms with Gasteiger partial charge >= 0.3 is 0 Å². The molecule has 0 saturated carbocycles. The van der Waals surface area contributed by atoms with Crippen LogP contribution in [-0.4, -0.2) is 25.1 Å². The Balaban J connectivity index is 2.02. The second-order valence-corrected chi connectivity index (χ2v) is 5.28. The van der Waals surface area contributed by atoms with Crippen LogP contribution in [0.2, 0.25) is 5.02 Å². The van der Waals surface area contributed by atoms with Crippen LogP contribution >= 0.6 is 11.6 Å². The second kappa shape index (κ2) is 8.12. The smallest absolute Gasteiger partial charge is 0.271 e. The molecule has 0 aliphatic heterocycles. The first-order valence-electron chi connectivity index (χ1n) is 7.04. The zero-order valence-electron chi connectivity index (χ0n) is 13.2. The Bertz CT molecular complexity index is 773. The van der Waals surface area contributed by atoms with Crippen molar-refractivity contribution in [1.82, 2.24) is 5.43 Å². The van der Waals surface area contributed by atoms with Crippen molar-refractivity contribution >= 4 is 35.3 Å². The molecular weight excluding hydrogens is 330 g/mol. The molecule has 124 valence electrons. The van der Waals surface area contributed by atoms with Gasteiger partial charge in [-0.25, -0.2) is 5.43 Å². The third-order valence-electron chi connectivity index (χ3n) is 3.03. The Morgan fingerprint density at radius 2 is 1.88 bits per heavy atom. The van der Waals surface area contributed by atoms with E-state index >= 15 is 0 Å². The highest BCUT2D eigenvalue weighted by Gasteiger charge is 2.05. The van der Waals surface area contributed by atoms with Gasteiger partial charge in [-0.2, -0.15) is 5.10 Å². The number of nitrogens with zero attached hydrogens (tertiary/aromatic N) is 1. The van der Waals surface area contributed by atoms with Crippen molar-refractivity contribution in [3.8, 4) is 5.75 Å². The van der Waals surface area contributed by atoms with Crippen LogP contribution in [0.5, 0.6) is 5.75 Å². The van der Waals surface area contributed by atoms with Gasteiger partial charge in [0.15, 0.2) is 0 Å². The van der Waals surface area contributed by atoms with Crippen LogP contribution in [0.1, 0.15) is 22.8 Å². The Labute approximate surface area is 144 Å². The molecule has 24 heavy (non-hydrogen) atoms. The number of carbonyl (C=O) groups is 2. The number of hydrogen-bond donors (Lipinski definition) is 2. The van der Waals surface area contributed by atoms with Crippen molar-refractivity contribution < 1.29 is 14.3 Å². The minimum atomic E-state index is -0.374. The van der Waals surface area contributed by atoms with E-state index in [1.54, 1.807) is 42.5 Å². The third kappa shape index (κ3) is 4.82. The van der Waals surface area contributed by atoms with Crippen molar-refractivity contribution in [3.63, 3.8) is 0 Å². The number of halogens is 1. The summed E-state index contributed by atoms with van der Waals surface area (Å²) in [5.41, 5.74) is 4.10. The molecule has 0 unspecified atom stereocenters. The summed E-state index contributed by atoms with van der Waals surface area (Å²) in [5.74, 6) is 0.0472. The number of carbonyl (C=O) groups excluding carboxylic acids is 2. The topological polar surface area (TPSA) is 79.8 Å². The lowest BCUT2D eigenvalue weighted by atomic mass is 10.2. The van der Waals surface area contributed by atoms with Crippen LogP contribution in [0.4, 0.5) is 5.69 Å². The van der Waals surface area contributed by atoms with E-state index in [1.165, 1.54) is 20.2 Å². The molecule has 0 aliphatic carbocycles. The highest BCUT2D eigenvalue weighted by molar-refractivity contribution is 6.30. The van der Waals surface area contributed by atoms with Gasteiger partial charge in [0.1, 0.15) is 5.75 Å². The van der Waals surface area contributed by atoms with Gasteiger partial charge in [-0.3, -0.25) is 9.59 Å². The Kier molecular flexibility index (Phi) is 5.92. The van der Waals surface area contributed by atoms with Gasteiger partial charge in [0.2, 0.25) is 5.91 Å². The van der Waals surface area contributed by atoms with E-state index in [-0.39, 0.29) is 11.8 Å². The number of ether oxygens (including phenoxy) is 1. The van der Waals surface area contributed by atoms with Crippen molar-refractivity contribution in [2.45, 2.75) is 6.92 Å². The minimum Gasteiger partial charge on any atom is -0.496 e. The summed E-state index contributed by atoms with van der Waals surface area (Å²) in [6.07, 6.45) is 1.45. The Morgan fingerprint density at radius 1 is 1.17 bits per heavy atom. The van der Waals surface area contributed by atoms with Gasteiger partial charge in [-0.05, 0) is 42.5 Å². The van der Waals surface area contributed by atoms with E-state index < -0.39 is 0 Å². The van der Waals surface area contributed by atoms with Gasteiger partial charge in [-0.15, -0.1) is 0 Å². The average molecular weight is 346 g/mol. The predicted molar refractivity (Wildman–Crippen MR) is 93.8 cm³/mol. The molecule has 0 fully saturated rings. The maximum Gasteiger partial charge on any atom is 0.271 e. The molecule has 7 heteroatoms. The fourth-order valence-corrected chi connectivity index (χ4v) is 2.12. The molecule has 0 atom stereocenters. The normalized spacial score (nSPS) is 10.5. The molecule has 0 bridgehead atoms. The zero-order valence-corrected chi connectivity index (χ0v) is 13.9. The molecule has 0 heterocycles. The summed E-state index contributed by atoms with van der Waals surface area (Å²) in [7, 11) is 1.54. The predicted octanol–water partition coefficient (Wildman–Crippen LogP) is 3.07. The molecule has 0 aromatic heterocycles. The van der Waals surface area contributed by atoms with E-state index in [9.17, 15) is 9.59 Å². The van der Waals surface area contributed by atoms with Crippen LogP contribution in [0, 0.1) is 0 Å². The SMILES string of the molecule is COc1ccc(Cl)cc1C=NNC(=O)c1ccc(NC(C)=O)cc1. The van der Waals surface area contributed by atoms with Crippen LogP contribution in [0.15, 0.2) is 47.6 Å². The lowest BCUT2D eigenvalue weighted by Gasteiger charge is -2.05. The van der Waals surface area contributed by atoms with Gasteiger partial charge < -0.3 is 10.1 Å². The quantitative estimate of drug-likeness (QED) is 0.645. The number of rotatable bonds is 5. The zero-order chi connectivity index (χ0) is 17.5. The highest BCUT2D eigenvalue weighted by atomic mass is 35.5. The average Bonchev–Trinajstić information content (AvgIpc) is 2.55. The maximum absolute atomic E-state index is 12.0. The highest BCUT2D eigenvalue weighted by Crippen LogP contribution is 2.20. The van der Waals surface area contributed by atoms with Crippen LogP contribution in [-0.2, 0) is 4.79 Å². The molecule has 2 amide bonds. The van der Waals surface area contributed by atoms with E-state index in [0.29, 0.717) is 27.6 Å². The van der Waals surface area contributed by atoms with Gasteiger partial charge in [-0.1, -0.05) is 11.6 Å². The van der Waals surface area contributed by atoms with E-state index in [4.69, 9.17) is 16.3 Å². The Morgan fingerprint density at radius 3 is 2.50 bits per heavy atom. The summed E-state index contributed by atoms with van der Waals surface area (Å²) in [6.45, 7) is 1.42. The monoisotopic (exact) mass is 345 g/mol. The molecule has 2 N–H and O–H groups in total. The van der Waals surface area contributed by atoms with Crippen molar-refractivity contribution in [1.29, 1.82) is 0 Å². The summed E-state index contributed by atoms with van der Waals surface area (Å²) >= 11 is 5.93. The fraction of sp³-hybridized carbons (Fsp3) is 0.118. The first-order chi connectivity index (χ1) is 11.5. The first kappa shape index (κ1) is 17.5. The van der Waals surface area contributed by atoms with Gasteiger partial charge in [0, 0.05) is 28.8 Å². The number of hydrogen-bond acceptors (Lipinski definition) is 4. The van der Waals surface area contributed by atoms with Gasteiger partial charge in [0.05, 0.1) is 13.3 Å². The molecule has 0 aliphatic rings. The lowest BCUT2D eigenvalue weighted by Crippen LogP contribution is -2.17. The number of benzene rings is 2. The molecule has 2 aromatic rings. The summed E-state index contributed by atoms with van der Waals surface area (Å²) < 4.78 is 5.19. The Hall–Kier alpha value is -2.86. The van der Waals surface area contributed by atoms with Crippen molar-refractivity contribution in [2.75, 3.05) is 12.4 Å². The van der Waals surface area contributed by atoms with Crippen molar-refractivity contribution in [3.05, 3.63) is 58.6 Å². The van der Waals surface area contributed by atoms with E-state index in [1.807, 2.05) is 0 Å². The van der Waals surface area contributed by atoms with Crippen LogP contribution in [0.3, 0.4) is 0 Å². The first-order valence-corrected chi connectivity index (χ1v) is 7.42. The molecule has 6 nitrogen and oxygen atoms in total. The number of anilines is 1. The summed E-state index contributed by atoms with van der Waals surface area (Å²) in [6, 6.07) is 11.6. The molecule has 0 saturated heterocycles. The molecule has 2 rings (SSSR count). The molecule has 0 spiro atoms. The van der Waals surface area contributed by atoms with Crippen LogP contribution in [0.25, 0.3) is 0 Å². The van der Waals surface area contributed by atoms with E-state index in [2.05, 4.69) is 15.8 Å². The molecule has 0 radical (unpaired) electrons. The van der Waals surface area contributed by atoms with E-state index in [0.717, 1.165) is 0 Å². The number of methoxy groups -OCH3 is 1. The van der Waals surface area contributed by atoms with Crippen molar-refractivity contribution in [2.24, 2.45) is 5.10 Å². The number of amides is 2. The molecular formula is C17H16ClN3O3. The molecule has 2 aromatic carbocycles. The van der Waals surface area contributed by atoms with Crippen LogP contribution < -0.4 is 15.5 Å². The summed E-state index contributed by atoms with van der Waals surface area (Å²) in [4.78, 5) is 23.0. The third-order valence-corrected chi connectivity index (χ3v) is 3.26. The maximum atomic E-state index is 12.0. The summed E-state index contributed by atoms with van der Waals surface area (Å²) in [5, 5.41) is 7.07. The lowest BCUT2D eigenvalue weighted by molar-refractivity contribution is -0.114.